The van der Waals surface area contributed by atoms with Crippen LogP contribution in [-0.2, 0) is 14.8 Å². The molecular formula is C13H12BrNO4S2. The van der Waals surface area contributed by atoms with Crippen molar-refractivity contribution in [2.75, 3.05) is 0 Å². The van der Waals surface area contributed by atoms with E-state index < -0.39 is 22.0 Å². The standard InChI is InChI=1S/C13H12BrNO4S2/c14-9-3-5-10(6-4-9)21(18,19)15-11(8-13(16)17)12-2-1-7-20-12/h1-7,11,15H,8H2,(H,16,17)/t11-/m0/s1. The number of hydrogen-bond acceptors (Lipinski definition) is 4. The van der Waals surface area contributed by atoms with Crippen LogP contribution >= 0.6 is 27.3 Å². The minimum absolute atomic E-state index is 0.0950. The van der Waals surface area contributed by atoms with Gasteiger partial charge in [-0.15, -0.1) is 11.3 Å². The van der Waals surface area contributed by atoms with Crippen molar-refractivity contribution in [3.63, 3.8) is 0 Å². The predicted octanol–water partition coefficient (Wildman–Crippen LogP) is 3.00. The first-order valence-corrected chi connectivity index (χ1v) is 9.07. The Morgan fingerprint density at radius 2 is 1.95 bits per heavy atom. The highest BCUT2D eigenvalue weighted by Crippen LogP contribution is 2.25. The lowest BCUT2D eigenvalue weighted by Gasteiger charge is -2.15. The maximum atomic E-state index is 12.3. The van der Waals surface area contributed by atoms with Crippen molar-refractivity contribution in [2.24, 2.45) is 0 Å². The summed E-state index contributed by atoms with van der Waals surface area (Å²) in [5, 5.41) is 10.7. The van der Waals surface area contributed by atoms with Gasteiger partial charge in [0.15, 0.2) is 0 Å². The fourth-order valence-corrected chi connectivity index (χ4v) is 4.07. The van der Waals surface area contributed by atoms with Crippen LogP contribution in [0.5, 0.6) is 0 Å². The van der Waals surface area contributed by atoms with Crippen molar-refractivity contribution < 1.29 is 18.3 Å². The van der Waals surface area contributed by atoms with Crippen molar-refractivity contribution in [2.45, 2.75) is 17.4 Å². The molecule has 0 aliphatic heterocycles. The molecule has 112 valence electrons. The van der Waals surface area contributed by atoms with Crippen molar-refractivity contribution in [1.82, 2.24) is 4.72 Å². The molecule has 0 fully saturated rings. The zero-order valence-electron chi connectivity index (χ0n) is 10.7. The molecule has 0 saturated carbocycles. The van der Waals surface area contributed by atoms with Gasteiger partial charge in [0.25, 0.3) is 0 Å². The lowest BCUT2D eigenvalue weighted by molar-refractivity contribution is -0.137. The summed E-state index contributed by atoms with van der Waals surface area (Å²) >= 11 is 4.55. The van der Waals surface area contributed by atoms with E-state index in [0.29, 0.717) is 4.88 Å². The lowest BCUT2D eigenvalue weighted by atomic mass is 10.2. The van der Waals surface area contributed by atoms with Crippen LogP contribution in [0.1, 0.15) is 17.3 Å². The van der Waals surface area contributed by atoms with Crippen LogP contribution in [0.2, 0.25) is 0 Å². The summed E-state index contributed by atoms with van der Waals surface area (Å²) in [5.41, 5.74) is 0. The minimum atomic E-state index is -3.78. The Bertz CT molecular complexity index is 711. The van der Waals surface area contributed by atoms with E-state index in [2.05, 4.69) is 20.7 Å². The molecular weight excluding hydrogens is 378 g/mol. The molecule has 0 saturated heterocycles. The number of halogens is 1. The van der Waals surface area contributed by atoms with Gasteiger partial charge in [0.05, 0.1) is 17.4 Å². The Kier molecular flexibility index (Phi) is 5.15. The summed E-state index contributed by atoms with van der Waals surface area (Å²) in [5.74, 6) is -1.06. The summed E-state index contributed by atoms with van der Waals surface area (Å²) in [4.78, 5) is 11.7. The van der Waals surface area contributed by atoms with Crippen molar-refractivity contribution in [3.8, 4) is 0 Å². The molecule has 0 unspecified atom stereocenters. The van der Waals surface area contributed by atoms with Gasteiger partial charge in [-0.05, 0) is 35.7 Å². The van der Waals surface area contributed by atoms with Crippen molar-refractivity contribution in [1.29, 1.82) is 0 Å². The maximum absolute atomic E-state index is 12.3. The quantitative estimate of drug-likeness (QED) is 0.794. The molecule has 8 heteroatoms. The van der Waals surface area contributed by atoms with E-state index in [-0.39, 0.29) is 11.3 Å². The second-order valence-electron chi connectivity index (χ2n) is 4.24. The monoisotopic (exact) mass is 389 g/mol. The van der Waals surface area contributed by atoms with Gasteiger partial charge in [0.1, 0.15) is 0 Å². The van der Waals surface area contributed by atoms with Crippen molar-refractivity contribution >= 4 is 43.3 Å². The van der Waals surface area contributed by atoms with Crippen LogP contribution in [0.3, 0.4) is 0 Å². The lowest BCUT2D eigenvalue weighted by Crippen LogP contribution is -2.29. The number of carbonyl (C=O) groups is 1. The smallest absolute Gasteiger partial charge is 0.305 e. The predicted molar refractivity (Wildman–Crippen MR) is 83.8 cm³/mol. The maximum Gasteiger partial charge on any atom is 0.305 e. The van der Waals surface area contributed by atoms with Crippen LogP contribution in [0, 0.1) is 0 Å². The Labute approximate surface area is 134 Å². The number of hydrogen-bond donors (Lipinski definition) is 2. The Balaban J connectivity index is 2.27. The third-order valence-electron chi connectivity index (χ3n) is 2.69. The number of benzene rings is 1. The number of rotatable bonds is 6. The van der Waals surface area contributed by atoms with Gasteiger partial charge in [-0.1, -0.05) is 22.0 Å². The van der Waals surface area contributed by atoms with Crippen LogP contribution in [-0.4, -0.2) is 19.5 Å². The normalized spacial score (nSPS) is 13.0. The molecule has 0 bridgehead atoms. The van der Waals surface area contributed by atoms with Gasteiger partial charge in [0.2, 0.25) is 10.0 Å². The number of thiophene rings is 1. The fourth-order valence-electron chi connectivity index (χ4n) is 1.73. The average Bonchev–Trinajstić information content (AvgIpc) is 2.91. The number of sulfonamides is 1. The van der Waals surface area contributed by atoms with Crippen LogP contribution < -0.4 is 4.72 Å². The minimum Gasteiger partial charge on any atom is -0.481 e. The van der Waals surface area contributed by atoms with E-state index in [9.17, 15) is 13.2 Å². The van der Waals surface area contributed by atoms with Gasteiger partial charge in [-0.3, -0.25) is 4.79 Å². The zero-order chi connectivity index (χ0) is 15.5. The Morgan fingerprint density at radius 3 is 2.48 bits per heavy atom. The molecule has 0 amide bonds. The third kappa shape index (κ3) is 4.37. The van der Waals surface area contributed by atoms with E-state index in [0.717, 1.165) is 4.47 Å². The second kappa shape index (κ2) is 6.69. The van der Waals surface area contributed by atoms with Gasteiger partial charge in [-0.25, -0.2) is 13.1 Å². The van der Waals surface area contributed by atoms with Crippen LogP contribution in [0.4, 0.5) is 0 Å². The summed E-state index contributed by atoms with van der Waals surface area (Å²) in [6, 6.07) is 8.83. The summed E-state index contributed by atoms with van der Waals surface area (Å²) in [7, 11) is -3.78. The SMILES string of the molecule is O=C(O)C[C@H](NS(=O)(=O)c1ccc(Br)cc1)c1cccs1. The zero-order valence-corrected chi connectivity index (χ0v) is 13.9. The number of carboxylic acids is 1. The molecule has 2 N–H and O–H groups in total. The molecule has 0 aliphatic rings. The molecule has 0 spiro atoms. The van der Waals surface area contributed by atoms with E-state index in [4.69, 9.17) is 5.11 Å². The molecule has 0 aliphatic carbocycles. The van der Waals surface area contributed by atoms with Gasteiger partial charge < -0.3 is 5.11 Å². The highest BCUT2D eigenvalue weighted by Gasteiger charge is 2.24. The van der Waals surface area contributed by atoms with Gasteiger partial charge >= 0.3 is 5.97 Å². The summed E-state index contributed by atoms with van der Waals surface area (Å²) in [6.07, 6.45) is -0.309. The topological polar surface area (TPSA) is 83.5 Å². The number of carboxylic acid groups (broad SMARTS) is 1. The molecule has 0 radical (unpaired) electrons. The molecule has 2 aromatic rings. The average molecular weight is 390 g/mol. The highest BCUT2D eigenvalue weighted by atomic mass is 79.9. The largest absolute Gasteiger partial charge is 0.481 e. The van der Waals surface area contributed by atoms with Crippen LogP contribution in [0.25, 0.3) is 0 Å². The molecule has 1 heterocycles. The highest BCUT2D eigenvalue weighted by molar-refractivity contribution is 9.10. The van der Waals surface area contributed by atoms with Crippen LogP contribution in [0.15, 0.2) is 51.1 Å². The van der Waals surface area contributed by atoms with Crippen molar-refractivity contribution in [3.05, 3.63) is 51.1 Å². The van der Waals surface area contributed by atoms with E-state index in [1.54, 1.807) is 29.6 Å². The number of aliphatic carboxylic acids is 1. The van der Waals surface area contributed by atoms with E-state index in [1.165, 1.54) is 23.5 Å². The first kappa shape index (κ1) is 16.2. The van der Waals surface area contributed by atoms with Gasteiger partial charge in [-0.2, -0.15) is 0 Å². The summed E-state index contributed by atoms with van der Waals surface area (Å²) in [6.45, 7) is 0. The van der Waals surface area contributed by atoms with E-state index >= 15 is 0 Å². The fraction of sp³-hybridized carbons (Fsp3) is 0.154. The van der Waals surface area contributed by atoms with Gasteiger partial charge in [0, 0.05) is 9.35 Å². The molecule has 1 aromatic heterocycles. The van der Waals surface area contributed by atoms with E-state index in [1.807, 2.05) is 0 Å². The third-order valence-corrected chi connectivity index (χ3v) is 5.69. The summed E-state index contributed by atoms with van der Waals surface area (Å²) < 4.78 is 27.8. The molecule has 5 nitrogen and oxygen atoms in total. The Morgan fingerprint density at radius 1 is 1.29 bits per heavy atom. The first-order chi connectivity index (χ1) is 9.88. The molecule has 1 aromatic carbocycles. The molecule has 21 heavy (non-hydrogen) atoms. The number of nitrogens with one attached hydrogen (secondary N) is 1. The second-order valence-corrected chi connectivity index (χ2v) is 7.85. The molecule has 1 atom stereocenters. The Hall–Kier alpha value is -1.22. The molecule has 2 rings (SSSR count). The first-order valence-electron chi connectivity index (χ1n) is 5.91.